The molecule has 2 aromatic carbocycles. The zero-order chi connectivity index (χ0) is 15.0. The maximum atomic E-state index is 13.6. The minimum Gasteiger partial charge on any atom is -0.396 e. The Morgan fingerprint density at radius 1 is 1.19 bits per heavy atom. The normalized spacial score (nSPS) is 10.8. The number of anilines is 2. The van der Waals surface area contributed by atoms with Gasteiger partial charge in [-0.05, 0) is 18.2 Å². The minimum absolute atomic E-state index is 0.170. The van der Waals surface area contributed by atoms with E-state index in [1.165, 1.54) is 0 Å². The number of nitrogens with two attached hydrogens (primary N) is 1. The average Bonchev–Trinajstić information content (AvgIpc) is 2.84. The average molecular weight is 288 g/mol. The van der Waals surface area contributed by atoms with Crippen molar-refractivity contribution in [2.24, 2.45) is 0 Å². The van der Waals surface area contributed by atoms with Crippen LogP contribution in [0.3, 0.4) is 0 Å². The van der Waals surface area contributed by atoms with Crippen LogP contribution in [0.1, 0.15) is 10.4 Å². The molecule has 0 unspecified atom stereocenters. The van der Waals surface area contributed by atoms with Crippen LogP contribution >= 0.6 is 0 Å². The van der Waals surface area contributed by atoms with E-state index in [2.05, 4.69) is 15.3 Å². The van der Waals surface area contributed by atoms with Gasteiger partial charge in [-0.25, -0.2) is 13.8 Å². The van der Waals surface area contributed by atoms with Crippen LogP contribution < -0.4 is 11.1 Å². The van der Waals surface area contributed by atoms with Crippen molar-refractivity contribution >= 4 is 28.6 Å². The fraction of sp³-hybridized carbons (Fsp3) is 0. The molecule has 3 aromatic rings. The first-order valence-corrected chi connectivity index (χ1v) is 6.05. The number of hydrogen-bond acceptors (Lipinski definition) is 3. The first kappa shape index (κ1) is 13.0. The third-order valence-electron chi connectivity index (χ3n) is 2.95. The van der Waals surface area contributed by atoms with Crippen LogP contribution in [0.5, 0.6) is 0 Å². The van der Waals surface area contributed by atoms with Gasteiger partial charge in [0.1, 0.15) is 11.6 Å². The molecule has 0 bridgehead atoms. The molecule has 0 saturated carbocycles. The Labute approximate surface area is 117 Å². The Balaban J connectivity index is 1.91. The summed E-state index contributed by atoms with van der Waals surface area (Å²) in [6.07, 6.45) is 0. The van der Waals surface area contributed by atoms with E-state index in [1.807, 2.05) is 6.07 Å². The Kier molecular flexibility index (Phi) is 3.02. The summed E-state index contributed by atoms with van der Waals surface area (Å²) < 4.78 is 26.7. The molecular formula is C14H10F2N4O. The van der Waals surface area contributed by atoms with Gasteiger partial charge in [0.25, 0.3) is 5.91 Å². The number of H-pyrrole nitrogens is 1. The SMILES string of the molecule is Nc1cc(C(=O)Nc2nc3ccccc3[nH]2)c(F)cc1F. The van der Waals surface area contributed by atoms with E-state index in [0.717, 1.165) is 11.6 Å². The summed E-state index contributed by atoms with van der Waals surface area (Å²) in [5.74, 6) is -2.50. The van der Waals surface area contributed by atoms with Crippen molar-refractivity contribution in [1.82, 2.24) is 9.97 Å². The van der Waals surface area contributed by atoms with Crippen LogP contribution in [0.25, 0.3) is 11.0 Å². The van der Waals surface area contributed by atoms with E-state index in [-0.39, 0.29) is 17.2 Å². The molecule has 0 saturated heterocycles. The summed E-state index contributed by atoms with van der Waals surface area (Å²) in [4.78, 5) is 19.0. The number of rotatable bonds is 2. The smallest absolute Gasteiger partial charge is 0.261 e. The van der Waals surface area contributed by atoms with Gasteiger partial charge in [-0.3, -0.25) is 10.1 Å². The second-order valence-corrected chi connectivity index (χ2v) is 4.41. The van der Waals surface area contributed by atoms with Gasteiger partial charge in [0.05, 0.1) is 22.3 Å². The second-order valence-electron chi connectivity index (χ2n) is 4.41. The number of fused-ring (bicyclic) bond motifs is 1. The van der Waals surface area contributed by atoms with E-state index in [1.54, 1.807) is 18.2 Å². The number of nitrogens with zero attached hydrogens (tertiary/aromatic N) is 1. The van der Waals surface area contributed by atoms with Crippen LogP contribution in [0, 0.1) is 11.6 Å². The number of amides is 1. The molecule has 21 heavy (non-hydrogen) atoms. The highest BCUT2D eigenvalue weighted by Crippen LogP contribution is 2.19. The van der Waals surface area contributed by atoms with Gasteiger partial charge in [-0.1, -0.05) is 12.1 Å². The van der Waals surface area contributed by atoms with Gasteiger partial charge in [0, 0.05) is 6.07 Å². The molecule has 0 atom stereocenters. The van der Waals surface area contributed by atoms with Gasteiger partial charge in [-0.2, -0.15) is 0 Å². The number of nitrogen functional groups attached to an aromatic ring is 1. The number of benzene rings is 2. The van der Waals surface area contributed by atoms with Crippen LogP contribution in [-0.4, -0.2) is 15.9 Å². The second kappa shape index (κ2) is 4.86. The number of carbonyl (C=O) groups excluding carboxylic acids is 1. The fourth-order valence-corrected chi connectivity index (χ4v) is 1.93. The lowest BCUT2D eigenvalue weighted by molar-refractivity contribution is 0.102. The highest BCUT2D eigenvalue weighted by Gasteiger charge is 2.16. The zero-order valence-corrected chi connectivity index (χ0v) is 10.7. The topological polar surface area (TPSA) is 83.8 Å². The predicted molar refractivity (Wildman–Crippen MR) is 74.8 cm³/mol. The maximum Gasteiger partial charge on any atom is 0.261 e. The molecule has 5 nitrogen and oxygen atoms in total. The molecular weight excluding hydrogens is 278 g/mol. The van der Waals surface area contributed by atoms with Crippen LogP contribution in [0.15, 0.2) is 36.4 Å². The van der Waals surface area contributed by atoms with E-state index in [9.17, 15) is 13.6 Å². The van der Waals surface area contributed by atoms with Crippen LogP contribution in [0.4, 0.5) is 20.4 Å². The van der Waals surface area contributed by atoms with Crippen molar-refractivity contribution < 1.29 is 13.6 Å². The minimum atomic E-state index is -0.990. The van der Waals surface area contributed by atoms with Gasteiger partial charge in [0.15, 0.2) is 0 Å². The van der Waals surface area contributed by atoms with Gasteiger partial charge >= 0.3 is 0 Å². The molecule has 4 N–H and O–H groups in total. The van der Waals surface area contributed by atoms with Crippen molar-refractivity contribution in [3.8, 4) is 0 Å². The van der Waals surface area contributed by atoms with E-state index in [4.69, 9.17) is 5.73 Å². The maximum absolute atomic E-state index is 13.6. The molecule has 0 radical (unpaired) electrons. The number of nitrogens with one attached hydrogen (secondary N) is 2. The van der Waals surface area contributed by atoms with Crippen molar-refractivity contribution in [2.75, 3.05) is 11.1 Å². The molecule has 7 heteroatoms. The highest BCUT2D eigenvalue weighted by atomic mass is 19.1. The molecule has 0 spiro atoms. The highest BCUT2D eigenvalue weighted by molar-refractivity contribution is 6.04. The van der Waals surface area contributed by atoms with E-state index in [0.29, 0.717) is 11.6 Å². The zero-order valence-electron chi connectivity index (χ0n) is 10.7. The van der Waals surface area contributed by atoms with Gasteiger partial charge in [0.2, 0.25) is 5.95 Å². The van der Waals surface area contributed by atoms with E-state index < -0.39 is 17.5 Å². The summed E-state index contributed by atoms with van der Waals surface area (Å²) in [6, 6.07) is 8.68. The molecule has 3 rings (SSSR count). The number of imidazole rings is 1. The molecule has 1 aromatic heterocycles. The van der Waals surface area contributed by atoms with Gasteiger partial charge < -0.3 is 10.7 Å². The number of aromatic nitrogens is 2. The molecule has 0 aliphatic heterocycles. The molecule has 106 valence electrons. The molecule has 0 aliphatic rings. The molecule has 0 aliphatic carbocycles. The standard InChI is InChI=1S/C14H10F2N4O/c15-8-6-9(16)10(17)5-7(8)13(21)20-14-18-11-3-1-2-4-12(11)19-14/h1-6H,17H2,(H2,18,19,20,21). The summed E-state index contributed by atoms with van der Waals surface area (Å²) in [5.41, 5.74) is 6.07. The van der Waals surface area contributed by atoms with Crippen molar-refractivity contribution in [3.05, 3.63) is 53.6 Å². The lowest BCUT2D eigenvalue weighted by atomic mass is 10.1. The quantitative estimate of drug-likeness (QED) is 0.634. The largest absolute Gasteiger partial charge is 0.396 e. The lowest BCUT2D eigenvalue weighted by Gasteiger charge is -2.05. The number of para-hydroxylation sites is 2. The number of hydrogen-bond donors (Lipinski definition) is 3. The Morgan fingerprint density at radius 3 is 2.71 bits per heavy atom. The monoisotopic (exact) mass is 288 g/mol. The van der Waals surface area contributed by atoms with Crippen LogP contribution in [-0.2, 0) is 0 Å². The Bertz CT molecular complexity index is 811. The summed E-state index contributed by atoms with van der Waals surface area (Å²) in [5, 5.41) is 2.41. The third kappa shape index (κ3) is 2.40. The first-order valence-electron chi connectivity index (χ1n) is 6.05. The lowest BCUT2D eigenvalue weighted by Crippen LogP contribution is -2.15. The summed E-state index contributed by atoms with van der Waals surface area (Å²) in [7, 11) is 0. The molecule has 1 amide bonds. The van der Waals surface area contributed by atoms with Gasteiger partial charge in [-0.15, -0.1) is 0 Å². The van der Waals surface area contributed by atoms with Crippen molar-refractivity contribution in [2.45, 2.75) is 0 Å². The summed E-state index contributed by atoms with van der Waals surface area (Å²) in [6.45, 7) is 0. The predicted octanol–water partition coefficient (Wildman–Crippen LogP) is 2.68. The Hall–Kier alpha value is -2.96. The fourth-order valence-electron chi connectivity index (χ4n) is 1.93. The number of carbonyl (C=O) groups is 1. The number of halogens is 2. The first-order chi connectivity index (χ1) is 10.0. The molecule has 1 heterocycles. The number of aromatic amines is 1. The van der Waals surface area contributed by atoms with Crippen molar-refractivity contribution in [1.29, 1.82) is 0 Å². The summed E-state index contributed by atoms with van der Waals surface area (Å²) >= 11 is 0. The van der Waals surface area contributed by atoms with Crippen molar-refractivity contribution in [3.63, 3.8) is 0 Å². The Morgan fingerprint density at radius 2 is 1.95 bits per heavy atom. The third-order valence-corrected chi connectivity index (χ3v) is 2.95. The molecule has 0 fully saturated rings. The van der Waals surface area contributed by atoms with Crippen LogP contribution in [0.2, 0.25) is 0 Å². The van der Waals surface area contributed by atoms with E-state index >= 15 is 0 Å².